The van der Waals surface area contributed by atoms with Crippen molar-refractivity contribution in [1.82, 2.24) is 5.32 Å². The van der Waals surface area contributed by atoms with Crippen LogP contribution in [0.5, 0.6) is 0 Å². The highest BCUT2D eigenvalue weighted by Gasteiger charge is 2.29. The van der Waals surface area contributed by atoms with Gasteiger partial charge in [-0.1, -0.05) is 43.2 Å². The van der Waals surface area contributed by atoms with Gasteiger partial charge in [-0.15, -0.1) is 0 Å². The molecule has 1 aromatic carbocycles. The Morgan fingerprint density at radius 2 is 1.88 bits per heavy atom. The highest BCUT2D eigenvalue weighted by molar-refractivity contribution is 5.25. The van der Waals surface area contributed by atoms with E-state index in [-0.39, 0.29) is 0 Å². The van der Waals surface area contributed by atoms with E-state index in [9.17, 15) is 0 Å². The SMILES string of the molecule is CNCC1CCC(C)CC1c1ccc(C)cc1. The van der Waals surface area contributed by atoms with Crippen LogP contribution in [0.1, 0.15) is 43.2 Å². The lowest BCUT2D eigenvalue weighted by Gasteiger charge is -2.35. The quantitative estimate of drug-likeness (QED) is 0.835. The maximum atomic E-state index is 3.36. The maximum absolute atomic E-state index is 3.36. The van der Waals surface area contributed by atoms with Crippen LogP contribution in [0.15, 0.2) is 24.3 Å². The highest BCUT2D eigenvalue weighted by Crippen LogP contribution is 2.40. The van der Waals surface area contributed by atoms with Gasteiger partial charge in [-0.25, -0.2) is 0 Å². The molecule has 1 aliphatic carbocycles. The molecule has 0 bridgehead atoms. The molecule has 2 rings (SSSR count). The second kappa shape index (κ2) is 5.68. The van der Waals surface area contributed by atoms with Crippen molar-refractivity contribution in [2.24, 2.45) is 11.8 Å². The van der Waals surface area contributed by atoms with Crippen molar-refractivity contribution in [2.45, 2.75) is 39.0 Å². The third-order valence-electron chi connectivity index (χ3n) is 4.23. The zero-order valence-corrected chi connectivity index (χ0v) is 11.4. The molecule has 1 aromatic rings. The lowest BCUT2D eigenvalue weighted by molar-refractivity contribution is 0.245. The second-order valence-corrected chi connectivity index (χ2v) is 5.75. The second-order valence-electron chi connectivity index (χ2n) is 5.75. The number of benzene rings is 1. The molecule has 1 saturated carbocycles. The minimum absolute atomic E-state index is 0.756. The summed E-state index contributed by atoms with van der Waals surface area (Å²) in [6.07, 6.45) is 4.13. The molecule has 94 valence electrons. The van der Waals surface area contributed by atoms with Crippen molar-refractivity contribution in [3.63, 3.8) is 0 Å². The van der Waals surface area contributed by atoms with Crippen LogP contribution in [0.3, 0.4) is 0 Å². The number of nitrogens with one attached hydrogen (secondary N) is 1. The average molecular weight is 231 g/mol. The van der Waals surface area contributed by atoms with E-state index in [0.29, 0.717) is 0 Å². The Morgan fingerprint density at radius 3 is 2.53 bits per heavy atom. The summed E-state index contributed by atoms with van der Waals surface area (Å²) < 4.78 is 0. The van der Waals surface area contributed by atoms with Crippen LogP contribution in [0.2, 0.25) is 0 Å². The zero-order chi connectivity index (χ0) is 12.3. The minimum atomic E-state index is 0.756. The molecular formula is C16H25N. The first-order valence-electron chi connectivity index (χ1n) is 6.92. The maximum Gasteiger partial charge on any atom is -0.00177 e. The first-order valence-corrected chi connectivity index (χ1v) is 6.92. The van der Waals surface area contributed by atoms with Gasteiger partial charge in [0.1, 0.15) is 0 Å². The predicted octanol–water partition coefficient (Wildman–Crippen LogP) is 3.73. The van der Waals surface area contributed by atoms with Gasteiger partial charge in [0.15, 0.2) is 0 Å². The fourth-order valence-electron chi connectivity index (χ4n) is 3.17. The predicted molar refractivity (Wildman–Crippen MR) is 74.4 cm³/mol. The summed E-state index contributed by atoms with van der Waals surface area (Å²) in [6.45, 7) is 5.72. The normalized spacial score (nSPS) is 29.2. The van der Waals surface area contributed by atoms with E-state index in [4.69, 9.17) is 0 Å². The van der Waals surface area contributed by atoms with Gasteiger partial charge in [0, 0.05) is 0 Å². The third-order valence-corrected chi connectivity index (χ3v) is 4.23. The van der Waals surface area contributed by atoms with Crippen molar-refractivity contribution in [1.29, 1.82) is 0 Å². The van der Waals surface area contributed by atoms with E-state index >= 15 is 0 Å². The Kier molecular flexibility index (Phi) is 4.22. The van der Waals surface area contributed by atoms with Gasteiger partial charge in [-0.2, -0.15) is 0 Å². The Morgan fingerprint density at radius 1 is 1.18 bits per heavy atom. The largest absolute Gasteiger partial charge is 0.319 e. The Labute approximate surface area is 106 Å². The van der Waals surface area contributed by atoms with Crippen LogP contribution >= 0.6 is 0 Å². The van der Waals surface area contributed by atoms with Crippen LogP contribution in [0.25, 0.3) is 0 Å². The third kappa shape index (κ3) is 3.10. The molecule has 1 nitrogen and oxygen atoms in total. The Bertz CT molecular complexity index is 341. The topological polar surface area (TPSA) is 12.0 Å². The molecular weight excluding hydrogens is 206 g/mol. The summed E-state index contributed by atoms with van der Waals surface area (Å²) in [6, 6.07) is 9.18. The molecule has 1 heteroatoms. The molecule has 0 heterocycles. The van der Waals surface area contributed by atoms with Crippen molar-refractivity contribution >= 4 is 0 Å². The van der Waals surface area contributed by atoms with Gasteiger partial charge in [0.2, 0.25) is 0 Å². The molecule has 17 heavy (non-hydrogen) atoms. The average Bonchev–Trinajstić information content (AvgIpc) is 2.33. The highest BCUT2D eigenvalue weighted by atomic mass is 14.8. The molecule has 0 saturated heterocycles. The molecule has 1 fully saturated rings. The monoisotopic (exact) mass is 231 g/mol. The van der Waals surface area contributed by atoms with Gasteiger partial charge in [-0.3, -0.25) is 0 Å². The van der Waals surface area contributed by atoms with E-state index in [1.54, 1.807) is 5.56 Å². The summed E-state index contributed by atoms with van der Waals surface area (Å²) in [5, 5.41) is 3.36. The first-order chi connectivity index (χ1) is 8.20. The fraction of sp³-hybridized carbons (Fsp3) is 0.625. The van der Waals surface area contributed by atoms with Crippen molar-refractivity contribution in [3.8, 4) is 0 Å². The van der Waals surface area contributed by atoms with Gasteiger partial charge in [-0.05, 0) is 56.7 Å². The molecule has 1 N–H and O–H groups in total. The van der Waals surface area contributed by atoms with Crippen molar-refractivity contribution < 1.29 is 0 Å². The summed E-state index contributed by atoms with van der Waals surface area (Å²) in [4.78, 5) is 0. The van der Waals surface area contributed by atoms with Crippen molar-refractivity contribution in [3.05, 3.63) is 35.4 Å². The molecule has 0 radical (unpaired) electrons. The molecule has 1 aliphatic rings. The summed E-state index contributed by atoms with van der Waals surface area (Å²) in [5.74, 6) is 2.46. The fourth-order valence-corrected chi connectivity index (χ4v) is 3.17. The number of rotatable bonds is 3. The number of hydrogen-bond acceptors (Lipinski definition) is 1. The first kappa shape index (κ1) is 12.6. The van der Waals surface area contributed by atoms with Crippen LogP contribution in [-0.4, -0.2) is 13.6 Å². The summed E-state index contributed by atoms with van der Waals surface area (Å²) >= 11 is 0. The zero-order valence-electron chi connectivity index (χ0n) is 11.4. The Hall–Kier alpha value is -0.820. The van der Waals surface area contributed by atoms with Gasteiger partial charge >= 0.3 is 0 Å². The Balaban J connectivity index is 2.16. The number of hydrogen-bond donors (Lipinski definition) is 1. The van der Waals surface area contributed by atoms with Crippen LogP contribution < -0.4 is 5.32 Å². The standard InChI is InChI=1S/C16H25N/c1-12-4-7-14(8-5-12)16-10-13(2)6-9-15(16)11-17-3/h4-5,7-8,13,15-17H,6,9-11H2,1-3H3. The van der Waals surface area contributed by atoms with E-state index < -0.39 is 0 Å². The van der Waals surface area contributed by atoms with Gasteiger partial charge < -0.3 is 5.32 Å². The van der Waals surface area contributed by atoms with Gasteiger partial charge in [0.25, 0.3) is 0 Å². The van der Waals surface area contributed by atoms with Crippen LogP contribution in [-0.2, 0) is 0 Å². The van der Waals surface area contributed by atoms with E-state index in [0.717, 1.165) is 24.3 Å². The van der Waals surface area contributed by atoms with Gasteiger partial charge in [0.05, 0.1) is 0 Å². The molecule has 3 atom stereocenters. The van der Waals surface area contributed by atoms with E-state index in [1.165, 1.54) is 24.8 Å². The lowest BCUT2D eigenvalue weighted by Crippen LogP contribution is -2.29. The molecule has 0 amide bonds. The number of aryl methyl sites for hydroxylation is 1. The molecule has 0 aliphatic heterocycles. The summed E-state index contributed by atoms with van der Waals surface area (Å²) in [5.41, 5.74) is 2.91. The molecule has 3 unspecified atom stereocenters. The molecule has 0 aromatic heterocycles. The van der Waals surface area contributed by atoms with Crippen LogP contribution in [0, 0.1) is 18.8 Å². The van der Waals surface area contributed by atoms with Crippen LogP contribution in [0.4, 0.5) is 0 Å². The van der Waals surface area contributed by atoms with E-state index in [2.05, 4.69) is 50.5 Å². The van der Waals surface area contributed by atoms with Crippen molar-refractivity contribution in [2.75, 3.05) is 13.6 Å². The minimum Gasteiger partial charge on any atom is -0.319 e. The lowest BCUT2D eigenvalue weighted by atomic mass is 9.71. The van der Waals surface area contributed by atoms with E-state index in [1.807, 2.05) is 0 Å². The smallest absolute Gasteiger partial charge is 0.00177 e. The summed E-state index contributed by atoms with van der Waals surface area (Å²) in [7, 11) is 2.07. The molecule has 0 spiro atoms.